The van der Waals surface area contributed by atoms with Crippen molar-refractivity contribution in [1.82, 2.24) is 9.55 Å². The highest BCUT2D eigenvalue weighted by atomic mass is 32.1. The number of hydrogen-bond donors (Lipinski definition) is 1. The van der Waals surface area contributed by atoms with Gasteiger partial charge in [-0.3, -0.25) is 0 Å². The molecule has 2 unspecified atom stereocenters. The molecule has 4 heteroatoms. The van der Waals surface area contributed by atoms with Crippen LogP contribution in [0.1, 0.15) is 25.8 Å². The van der Waals surface area contributed by atoms with Crippen LogP contribution in [0.5, 0.6) is 5.75 Å². The second kappa shape index (κ2) is 3.88. The lowest BCUT2D eigenvalue weighted by Gasteiger charge is -2.04. The van der Waals surface area contributed by atoms with E-state index in [0.29, 0.717) is 6.04 Å². The van der Waals surface area contributed by atoms with Gasteiger partial charge in [0.25, 0.3) is 0 Å². The van der Waals surface area contributed by atoms with Gasteiger partial charge in [0.2, 0.25) is 0 Å². The summed E-state index contributed by atoms with van der Waals surface area (Å²) in [6, 6.07) is 6.68. The number of aromatic nitrogens is 2. The third-order valence-electron chi connectivity index (χ3n) is 3.66. The Bertz CT molecular complexity index is 613. The molecule has 2 aromatic rings. The van der Waals surface area contributed by atoms with Crippen molar-refractivity contribution in [3.63, 3.8) is 0 Å². The highest BCUT2D eigenvalue weighted by Crippen LogP contribution is 2.47. The average Bonchev–Trinajstić information content (AvgIpc) is 3.03. The fraction of sp³-hybridized carbons (Fsp3) is 0.462. The molecule has 1 heterocycles. The smallest absolute Gasteiger partial charge is 0.178 e. The van der Waals surface area contributed by atoms with Gasteiger partial charge in [-0.05, 0) is 36.7 Å². The maximum atomic E-state index is 5.42. The van der Waals surface area contributed by atoms with Gasteiger partial charge in [0.15, 0.2) is 4.77 Å². The molecule has 90 valence electrons. The van der Waals surface area contributed by atoms with E-state index in [0.717, 1.165) is 22.0 Å². The number of methoxy groups -OCH3 is 1. The van der Waals surface area contributed by atoms with E-state index in [-0.39, 0.29) is 0 Å². The molecule has 0 radical (unpaired) electrons. The molecular weight excluding hydrogens is 232 g/mol. The first-order valence-electron chi connectivity index (χ1n) is 6.03. The van der Waals surface area contributed by atoms with Gasteiger partial charge in [-0.1, -0.05) is 13.3 Å². The first-order valence-corrected chi connectivity index (χ1v) is 6.43. The molecule has 0 amide bonds. The number of H-pyrrole nitrogens is 1. The summed E-state index contributed by atoms with van der Waals surface area (Å²) in [4.78, 5) is 3.27. The Kier molecular flexibility index (Phi) is 2.47. The highest BCUT2D eigenvalue weighted by Gasteiger charge is 2.38. The largest absolute Gasteiger partial charge is 0.497 e. The molecule has 1 aliphatic carbocycles. The normalized spacial score (nSPS) is 22.9. The molecule has 0 aliphatic heterocycles. The van der Waals surface area contributed by atoms with E-state index >= 15 is 0 Å². The van der Waals surface area contributed by atoms with Gasteiger partial charge in [-0.25, -0.2) is 0 Å². The van der Waals surface area contributed by atoms with E-state index in [2.05, 4.69) is 22.5 Å². The summed E-state index contributed by atoms with van der Waals surface area (Å²) in [5, 5.41) is 0. The second-order valence-electron chi connectivity index (χ2n) is 4.65. The predicted molar refractivity (Wildman–Crippen MR) is 71.1 cm³/mol. The first kappa shape index (κ1) is 10.8. The predicted octanol–water partition coefficient (Wildman–Crippen LogP) is 3.68. The van der Waals surface area contributed by atoms with Gasteiger partial charge in [0.1, 0.15) is 5.75 Å². The maximum absolute atomic E-state index is 5.42. The number of fused-ring (bicyclic) bond motifs is 1. The molecule has 0 spiro atoms. The van der Waals surface area contributed by atoms with Crippen molar-refractivity contribution in [2.45, 2.75) is 25.8 Å². The van der Waals surface area contributed by atoms with Crippen molar-refractivity contribution in [1.29, 1.82) is 0 Å². The van der Waals surface area contributed by atoms with E-state index in [4.69, 9.17) is 17.0 Å². The zero-order valence-electron chi connectivity index (χ0n) is 10.1. The SMILES string of the molecule is CCC1CC1n1c(=S)[nH]c2cc(OC)ccc21. The molecule has 1 saturated carbocycles. The number of rotatable bonds is 3. The van der Waals surface area contributed by atoms with Crippen molar-refractivity contribution in [2.24, 2.45) is 5.92 Å². The van der Waals surface area contributed by atoms with Crippen LogP contribution in [0.3, 0.4) is 0 Å². The third kappa shape index (κ3) is 1.67. The monoisotopic (exact) mass is 248 g/mol. The van der Waals surface area contributed by atoms with E-state index in [9.17, 15) is 0 Å². The van der Waals surface area contributed by atoms with Crippen molar-refractivity contribution in [3.05, 3.63) is 23.0 Å². The minimum absolute atomic E-state index is 0.592. The lowest BCUT2D eigenvalue weighted by Crippen LogP contribution is -1.95. The number of aromatic amines is 1. The van der Waals surface area contributed by atoms with Crippen molar-refractivity contribution < 1.29 is 4.74 Å². The van der Waals surface area contributed by atoms with Crippen LogP contribution < -0.4 is 4.74 Å². The number of ether oxygens (including phenoxy) is 1. The summed E-state index contributed by atoms with van der Waals surface area (Å²) in [5.74, 6) is 1.66. The van der Waals surface area contributed by atoms with E-state index in [1.54, 1.807) is 7.11 Å². The lowest BCUT2D eigenvalue weighted by molar-refractivity contribution is 0.415. The summed E-state index contributed by atoms with van der Waals surface area (Å²) in [7, 11) is 1.68. The highest BCUT2D eigenvalue weighted by molar-refractivity contribution is 7.71. The standard InChI is InChI=1S/C13H16N2OS/c1-3-8-6-12(8)15-11-5-4-9(16-2)7-10(11)14-13(15)17/h4-5,7-8,12H,3,6H2,1-2H3,(H,14,17). The van der Waals surface area contributed by atoms with Gasteiger partial charge < -0.3 is 14.3 Å². The molecular formula is C13H16N2OS. The van der Waals surface area contributed by atoms with Crippen molar-refractivity contribution in [2.75, 3.05) is 7.11 Å². The number of nitrogens with one attached hydrogen (secondary N) is 1. The van der Waals surface area contributed by atoms with Crippen LogP contribution in [0.25, 0.3) is 11.0 Å². The van der Waals surface area contributed by atoms with Crippen LogP contribution >= 0.6 is 12.2 Å². The molecule has 1 aliphatic rings. The van der Waals surface area contributed by atoms with Crippen LogP contribution in [0, 0.1) is 10.7 Å². The zero-order valence-corrected chi connectivity index (χ0v) is 10.9. The Balaban J connectivity index is 2.12. The quantitative estimate of drug-likeness (QED) is 0.840. The molecule has 1 aromatic carbocycles. The Morgan fingerprint density at radius 1 is 1.53 bits per heavy atom. The first-order chi connectivity index (χ1) is 8.24. The second-order valence-corrected chi connectivity index (χ2v) is 5.04. The van der Waals surface area contributed by atoms with E-state index in [1.165, 1.54) is 18.4 Å². The summed E-state index contributed by atoms with van der Waals surface area (Å²) in [6.07, 6.45) is 2.49. The Morgan fingerprint density at radius 2 is 2.35 bits per heavy atom. The molecule has 0 saturated heterocycles. The molecule has 3 rings (SSSR count). The van der Waals surface area contributed by atoms with Crippen molar-refractivity contribution in [3.8, 4) is 5.75 Å². The molecule has 2 atom stereocenters. The van der Waals surface area contributed by atoms with Crippen LogP contribution in [0.2, 0.25) is 0 Å². The van der Waals surface area contributed by atoms with Crippen LogP contribution in [0.15, 0.2) is 18.2 Å². The Labute approximate surface area is 105 Å². The number of benzene rings is 1. The summed E-state index contributed by atoms with van der Waals surface area (Å²) >= 11 is 5.42. The van der Waals surface area contributed by atoms with E-state index < -0.39 is 0 Å². The molecule has 3 nitrogen and oxygen atoms in total. The van der Waals surface area contributed by atoms with Gasteiger partial charge in [0, 0.05) is 12.1 Å². The van der Waals surface area contributed by atoms with Gasteiger partial charge in [-0.2, -0.15) is 0 Å². The molecule has 0 bridgehead atoms. The van der Waals surface area contributed by atoms with Gasteiger partial charge >= 0.3 is 0 Å². The van der Waals surface area contributed by atoms with Gasteiger partial charge in [0.05, 0.1) is 18.1 Å². The van der Waals surface area contributed by atoms with E-state index in [1.807, 2.05) is 12.1 Å². The zero-order chi connectivity index (χ0) is 12.0. The summed E-state index contributed by atoms with van der Waals surface area (Å²) in [6.45, 7) is 2.24. The van der Waals surface area contributed by atoms with Gasteiger partial charge in [-0.15, -0.1) is 0 Å². The third-order valence-corrected chi connectivity index (χ3v) is 3.96. The Morgan fingerprint density at radius 3 is 3.00 bits per heavy atom. The molecule has 1 aromatic heterocycles. The topological polar surface area (TPSA) is 29.9 Å². The minimum atomic E-state index is 0.592. The molecule has 1 N–H and O–H groups in total. The minimum Gasteiger partial charge on any atom is -0.497 e. The van der Waals surface area contributed by atoms with Crippen LogP contribution in [-0.2, 0) is 0 Å². The maximum Gasteiger partial charge on any atom is 0.178 e. The lowest BCUT2D eigenvalue weighted by atomic mass is 10.3. The number of imidazole rings is 1. The van der Waals surface area contributed by atoms with Crippen LogP contribution in [-0.4, -0.2) is 16.7 Å². The fourth-order valence-electron chi connectivity index (χ4n) is 2.55. The van der Waals surface area contributed by atoms with Crippen LogP contribution in [0.4, 0.5) is 0 Å². The molecule has 1 fully saturated rings. The number of nitrogens with zero attached hydrogens (tertiary/aromatic N) is 1. The summed E-state index contributed by atoms with van der Waals surface area (Å²) < 4.78 is 8.32. The fourth-order valence-corrected chi connectivity index (χ4v) is 2.90. The molecule has 17 heavy (non-hydrogen) atoms. The Hall–Kier alpha value is -1.29. The average molecular weight is 248 g/mol. The number of hydrogen-bond acceptors (Lipinski definition) is 2. The van der Waals surface area contributed by atoms with Crippen molar-refractivity contribution >= 4 is 23.3 Å². The summed E-state index contributed by atoms with van der Waals surface area (Å²) in [5.41, 5.74) is 2.26.